The molecule has 0 aliphatic carbocycles. The van der Waals surface area contributed by atoms with Crippen molar-refractivity contribution in [2.75, 3.05) is 13.2 Å². The Morgan fingerprint density at radius 1 is 1.10 bits per heavy atom. The van der Waals surface area contributed by atoms with E-state index in [4.69, 9.17) is 9.84 Å². The molecule has 0 bridgehead atoms. The minimum absolute atomic E-state index is 0.0758. The van der Waals surface area contributed by atoms with E-state index in [1.807, 2.05) is 20.8 Å². The van der Waals surface area contributed by atoms with Crippen LogP contribution in [-0.4, -0.2) is 32.3 Å². The van der Waals surface area contributed by atoms with Gasteiger partial charge in [-0.15, -0.1) is 0 Å². The molecule has 0 aliphatic heterocycles. The number of nitrogens with one attached hydrogen (secondary N) is 1. The molecule has 0 atom stereocenters. The van der Waals surface area contributed by atoms with Crippen LogP contribution in [-0.2, 0) is 10.0 Å². The zero-order chi connectivity index (χ0) is 15.9. The highest BCUT2D eigenvalue weighted by Gasteiger charge is 2.30. The normalized spacial score (nSPS) is 12.4. The summed E-state index contributed by atoms with van der Waals surface area (Å²) in [6.07, 6.45) is 2.24. The highest BCUT2D eigenvalue weighted by molar-refractivity contribution is 7.89. The van der Waals surface area contributed by atoms with Gasteiger partial charge in [0.15, 0.2) is 0 Å². The van der Waals surface area contributed by atoms with Gasteiger partial charge >= 0.3 is 0 Å². The number of benzene rings is 1. The van der Waals surface area contributed by atoms with Crippen LogP contribution in [0.2, 0.25) is 0 Å². The lowest BCUT2D eigenvalue weighted by atomic mass is 9.91. The second kappa shape index (κ2) is 7.77. The monoisotopic (exact) mass is 315 g/mol. The van der Waals surface area contributed by atoms with Gasteiger partial charge in [0, 0.05) is 5.54 Å². The first kappa shape index (κ1) is 17.9. The van der Waals surface area contributed by atoms with Crippen LogP contribution in [0.25, 0.3) is 0 Å². The van der Waals surface area contributed by atoms with Gasteiger partial charge in [0.2, 0.25) is 10.0 Å². The van der Waals surface area contributed by atoms with Crippen LogP contribution in [0.5, 0.6) is 5.75 Å². The van der Waals surface area contributed by atoms with Gasteiger partial charge in [-0.3, -0.25) is 0 Å². The molecule has 0 unspecified atom stereocenters. The third-order valence-corrected chi connectivity index (χ3v) is 5.47. The molecule has 0 saturated heterocycles. The van der Waals surface area contributed by atoms with Crippen molar-refractivity contribution in [2.45, 2.75) is 50.5 Å². The molecule has 1 aromatic rings. The molecule has 2 N–H and O–H groups in total. The molecule has 0 radical (unpaired) electrons. The first-order valence-electron chi connectivity index (χ1n) is 7.30. The molecule has 6 heteroatoms. The lowest BCUT2D eigenvalue weighted by molar-refractivity contribution is 0.201. The SMILES string of the molecule is CCC(CC)(CC)NS(=O)(=O)c1ccc(OCCO)cc1. The van der Waals surface area contributed by atoms with Crippen molar-refractivity contribution < 1.29 is 18.3 Å². The van der Waals surface area contributed by atoms with E-state index in [0.29, 0.717) is 5.75 Å². The summed E-state index contributed by atoms with van der Waals surface area (Å²) in [4.78, 5) is 0.221. The molecule has 5 nitrogen and oxygen atoms in total. The standard InChI is InChI=1S/C15H25NO4S/c1-4-15(5-2,6-3)16-21(18,19)14-9-7-13(8-10-14)20-12-11-17/h7-10,16-17H,4-6,11-12H2,1-3H3. The van der Waals surface area contributed by atoms with E-state index in [1.165, 1.54) is 12.1 Å². The number of hydrogen-bond acceptors (Lipinski definition) is 4. The van der Waals surface area contributed by atoms with Gasteiger partial charge in [-0.25, -0.2) is 13.1 Å². The van der Waals surface area contributed by atoms with Crippen molar-refractivity contribution in [3.63, 3.8) is 0 Å². The lowest BCUT2D eigenvalue weighted by Crippen LogP contribution is -2.46. The fourth-order valence-corrected chi connectivity index (χ4v) is 3.80. The molecule has 0 heterocycles. The highest BCUT2D eigenvalue weighted by atomic mass is 32.2. The molecule has 0 spiro atoms. The van der Waals surface area contributed by atoms with Crippen LogP contribution < -0.4 is 9.46 Å². The molecular formula is C15H25NO4S. The third-order valence-electron chi connectivity index (χ3n) is 3.88. The maximum absolute atomic E-state index is 12.5. The van der Waals surface area contributed by atoms with Crippen molar-refractivity contribution in [1.29, 1.82) is 0 Å². The molecule has 0 saturated carbocycles. The van der Waals surface area contributed by atoms with E-state index in [0.717, 1.165) is 19.3 Å². The number of rotatable bonds is 9. The summed E-state index contributed by atoms with van der Waals surface area (Å²) < 4.78 is 33.0. The van der Waals surface area contributed by atoms with E-state index < -0.39 is 15.6 Å². The van der Waals surface area contributed by atoms with Crippen LogP contribution in [0.15, 0.2) is 29.2 Å². The second-order valence-corrected chi connectivity index (χ2v) is 6.67. The number of ether oxygens (including phenoxy) is 1. The predicted molar refractivity (Wildman–Crippen MR) is 82.9 cm³/mol. The summed E-state index contributed by atoms with van der Waals surface area (Å²) in [6, 6.07) is 6.22. The van der Waals surface area contributed by atoms with E-state index in [-0.39, 0.29) is 18.1 Å². The van der Waals surface area contributed by atoms with Gasteiger partial charge < -0.3 is 9.84 Å². The predicted octanol–water partition coefficient (Wildman–Crippen LogP) is 2.30. The minimum atomic E-state index is -3.55. The Hall–Kier alpha value is -1.11. The van der Waals surface area contributed by atoms with Gasteiger partial charge in [0.1, 0.15) is 12.4 Å². The smallest absolute Gasteiger partial charge is 0.241 e. The van der Waals surface area contributed by atoms with Crippen LogP contribution >= 0.6 is 0 Å². The topological polar surface area (TPSA) is 75.6 Å². The number of hydrogen-bond donors (Lipinski definition) is 2. The molecule has 0 aliphatic rings. The van der Waals surface area contributed by atoms with Gasteiger partial charge in [0.25, 0.3) is 0 Å². The van der Waals surface area contributed by atoms with Crippen LogP contribution in [0.3, 0.4) is 0 Å². The largest absolute Gasteiger partial charge is 0.491 e. The van der Waals surface area contributed by atoms with Crippen LogP contribution in [0.1, 0.15) is 40.0 Å². The maximum Gasteiger partial charge on any atom is 0.241 e. The van der Waals surface area contributed by atoms with E-state index in [1.54, 1.807) is 12.1 Å². The Balaban J connectivity index is 2.92. The number of sulfonamides is 1. The van der Waals surface area contributed by atoms with Crippen molar-refractivity contribution in [3.05, 3.63) is 24.3 Å². The zero-order valence-corrected chi connectivity index (χ0v) is 13.7. The molecule has 0 aromatic heterocycles. The summed E-state index contributed by atoms with van der Waals surface area (Å²) in [5.41, 5.74) is -0.398. The average Bonchev–Trinajstić information content (AvgIpc) is 2.51. The van der Waals surface area contributed by atoms with Gasteiger partial charge in [-0.2, -0.15) is 0 Å². The zero-order valence-electron chi connectivity index (χ0n) is 12.9. The molecule has 0 fully saturated rings. The molecule has 21 heavy (non-hydrogen) atoms. The van der Waals surface area contributed by atoms with E-state index >= 15 is 0 Å². The molecule has 1 rings (SSSR count). The average molecular weight is 315 g/mol. The summed E-state index contributed by atoms with van der Waals surface area (Å²) in [7, 11) is -3.55. The van der Waals surface area contributed by atoms with Gasteiger partial charge in [-0.1, -0.05) is 20.8 Å². The third kappa shape index (κ3) is 4.69. The van der Waals surface area contributed by atoms with Gasteiger partial charge in [0.05, 0.1) is 11.5 Å². The van der Waals surface area contributed by atoms with Crippen LogP contribution in [0, 0.1) is 0 Å². The summed E-state index contributed by atoms with van der Waals surface area (Å²) in [5, 5.41) is 8.69. The van der Waals surface area contributed by atoms with E-state index in [2.05, 4.69) is 4.72 Å². The Labute approximate surface area is 127 Å². The Morgan fingerprint density at radius 2 is 1.62 bits per heavy atom. The van der Waals surface area contributed by atoms with Crippen molar-refractivity contribution in [2.24, 2.45) is 0 Å². The van der Waals surface area contributed by atoms with Crippen molar-refractivity contribution >= 4 is 10.0 Å². The summed E-state index contributed by atoms with van der Waals surface area (Å²) >= 11 is 0. The minimum Gasteiger partial charge on any atom is -0.491 e. The summed E-state index contributed by atoms with van der Waals surface area (Å²) in [5.74, 6) is 0.538. The maximum atomic E-state index is 12.5. The van der Waals surface area contributed by atoms with Gasteiger partial charge in [-0.05, 0) is 43.5 Å². The van der Waals surface area contributed by atoms with Crippen molar-refractivity contribution in [3.8, 4) is 5.75 Å². The lowest BCUT2D eigenvalue weighted by Gasteiger charge is -2.31. The quantitative estimate of drug-likeness (QED) is 0.733. The Bertz CT molecular complexity index is 513. The molecule has 120 valence electrons. The Morgan fingerprint density at radius 3 is 2.05 bits per heavy atom. The molecule has 1 aromatic carbocycles. The van der Waals surface area contributed by atoms with E-state index in [9.17, 15) is 8.42 Å². The first-order valence-corrected chi connectivity index (χ1v) is 8.79. The second-order valence-electron chi connectivity index (χ2n) is 4.99. The van der Waals surface area contributed by atoms with Crippen molar-refractivity contribution in [1.82, 2.24) is 4.72 Å². The number of aliphatic hydroxyl groups is 1. The summed E-state index contributed by atoms with van der Waals surface area (Å²) in [6.45, 7) is 6.08. The highest BCUT2D eigenvalue weighted by Crippen LogP contribution is 2.24. The number of aliphatic hydroxyl groups excluding tert-OH is 1. The molecule has 0 amide bonds. The molecular weight excluding hydrogens is 290 g/mol. The Kier molecular flexibility index (Phi) is 6.64. The fraction of sp³-hybridized carbons (Fsp3) is 0.600. The fourth-order valence-electron chi connectivity index (χ4n) is 2.19. The van der Waals surface area contributed by atoms with Crippen LogP contribution in [0.4, 0.5) is 0 Å². The first-order chi connectivity index (χ1) is 9.93.